The number of carbonyl (C=O) groups excluding carboxylic acids is 1. The van der Waals surface area contributed by atoms with E-state index in [2.05, 4.69) is 10.2 Å². The second-order valence-electron chi connectivity index (χ2n) is 5.68. The van der Waals surface area contributed by atoms with Crippen LogP contribution in [0.4, 0.5) is 0 Å². The summed E-state index contributed by atoms with van der Waals surface area (Å²) in [5, 5.41) is 3.16. The van der Waals surface area contributed by atoms with Gasteiger partial charge in [-0.05, 0) is 12.1 Å². The van der Waals surface area contributed by atoms with Crippen LogP contribution in [0, 0.1) is 5.92 Å². The molecule has 0 spiro atoms. The first kappa shape index (κ1) is 17.1. The van der Waals surface area contributed by atoms with Crippen LogP contribution in [-0.4, -0.2) is 68.1 Å². The minimum Gasteiger partial charge on any atom is -0.492 e. The Labute approximate surface area is 138 Å². The number of nitrogens with one attached hydrogen (secondary N) is 1. The summed E-state index contributed by atoms with van der Waals surface area (Å²) in [5.41, 5.74) is 0. The molecule has 1 N–H and O–H groups in total. The third-order valence-corrected chi connectivity index (χ3v) is 4.23. The maximum absolute atomic E-state index is 12.1. The molecule has 6 heteroatoms. The van der Waals surface area contributed by atoms with Gasteiger partial charge in [0.1, 0.15) is 12.4 Å². The van der Waals surface area contributed by atoms with Gasteiger partial charge in [-0.2, -0.15) is 0 Å². The van der Waals surface area contributed by atoms with Crippen LogP contribution in [0.15, 0.2) is 30.3 Å². The van der Waals surface area contributed by atoms with Crippen LogP contribution in [0.5, 0.6) is 5.75 Å². The number of para-hydroxylation sites is 1. The summed E-state index contributed by atoms with van der Waals surface area (Å²) in [4.78, 5) is 16.5. The van der Waals surface area contributed by atoms with E-state index in [4.69, 9.17) is 4.74 Å². The van der Waals surface area contributed by atoms with Gasteiger partial charge in [-0.1, -0.05) is 18.2 Å². The van der Waals surface area contributed by atoms with Gasteiger partial charge >= 0.3 is 0 Å². The first-order valence-electron chi connectivity index (χ1n) is 7.72. The number of benzene rings is 1. The van der Waals surface area contributed by atoms with Gasteiger partial charge in [0.2, 0.25) is 5.91 Å². The number of rotatable bonds is 5. The average molecular weight is 326 g/mol. The molecule has 1 amide bonds. The molecule has 0 bridgehead atoms. The number of nitrogens with zero attached hydrogens (tertiary/aromatic N) is 2. The fourth-order valence-corrected chi connectivity index (χ4v) is 2.72. The van der Waals surface area contributed by atoms with E-state index in [9.17, 15) is 4.79 Å². The lowest BCUT2D eigenvalue weighted by molar-refractivity contribution is -0.138. The highest BCUT2D eigenvalue weighted by Crippen LogP contribution is 2.12. The van der Waals surface area contributed by atoms with Crippen molar-refractivity contribution in [2.75, 3.05) is 52.4 Å². The Hall–Kier alpha value is -1.30. The molecule has 0 aromatic heterocycles. The second kappa shape index (κ2) is 8.36. The van der Waals surface area contributed by atoms with Crippen molar-refractivity contribution < 1.29 is 9.53 Å². The minimum atomic E-state index is 0. The van der Waals surface area contributed by atoms with Gasteiger partial charge in [0.25, 0.3) is 0 Å². The Morgan fingerprint density at radius 2 is 1.82 bits per heavy atom. The van der Waals surface area contributed by atoms with Gasteiger partial charge in [0.05, 0.1) is 5.92 Å². The molecule has 3 rings (SSSR count). The number of carbonyl (C=O) groups is 1. The van der Waals surface area contributed by atoms with Crippen LogP contribution >= 0.6 is 12.4 Å². The van der Waals surface area contributed by atoms with E-state index in [1.165, 1.54) is 0 Å². The van der Waals surface area contributed by atoms with Crippen LogP contribution in [0.25, 0.3) is 0 Å². The van der Waals surface area contributed by atoms with Gasteiger partial charge in [-0.3, -0.25) is 9.69 Å². The zero-order chi connectivity index (χ0) is 14.5. The van der Waals surface area contributed by atoms with E-state index >= 15 is 0 Å². The first-order valence-corrected chi connectivity index (χ1v) is 7.72. The molecule has 0 radical (unpaired) electrons. The highest BCUT2D eigenvalue weighted by atomic mass is 35.5. The number of ether oxygens (including phenoxy) is 1. The SMILES string of the molecule is Cl.O=C(C1CNC1)N1CCN(CCOc2ccccc2)CC1. The number of hydrogen-bond donors (Lipinski definition) is 1. The van der Waals surface area contributed by atoms with Crippen molar-refractivity contribution in [3.8, 4) is 5.75 Å². The van der Waals surface area contributed by atoms with Crippen molar-refractivity contribution in [3.05, 3.63) is 30.3 Å². The summed E-state index contributed by atoms with van der Waals surface area (Å²) in [7, 11) is 0. The Kier molecular flexibility index (Phi) is 6.49. The molecule has 122 valence electrons. The lowest BCUT2D eigenvalue weighted by Crippen LogP contribution is -2.56. The van der Waals surface area contributed by atoms with Crippen LogP contribution in [0.3, 0.4) is 0 Å². The van der Waals surface area contributed by atoms with Gasteiger partial charge in [-0.25, -0.2) is 0 Å². The van der Waals surface area contributed by atoms with Crippen LogP contribution < -0.4 is 10.1 Å². The predicted octanol–water partition coefficient (Wildman–Crippen LogP) is 0.851. The molecule has 1 aromatic carbocycles. The maximum atomic E-state index is 12.1. The number of amides is 1. The Balaban J connectivity index is 0.00000176. The Morgan fingerprint density at radius 3 is 2.41 bits per heavy atom. The second-order valence-corrected chi connectivity index (χ2v) is 5.68. The highest BCUT2D eigenvalue weighted by molar-refractivity contribution is 5.85. The number of hydrogen-bond acceptors (Lipinski definition) is 4. The smallest absolute Gasteiger partial charge is 0.228 e. The van der Waals surface area contributed by atoms with Crippen molar-refractivity contribution in [2.45, 2.75) is 0 Å². The van der Waals surface area contributed by atoms with Crippen molar-refractivity contribution in [1.29, 1.82) is 0 Å². The predicted molar refractivity (Wildman–Crippen MR) is 88.6 cm³/mol. The fourth-order valence-electron chi connectivity index (χ4n) is 2.72. The van der Waals surface area contributed by atoms with E-state index in [-0.39, 0.29) is 18.3 Å². The standard InChI is InChI=1S/C16H23N3O2.ClH/c20-16(14-12-17-13-14)19-8-6-18(7-9-19)10-11-21-15-4-2-1-3-5-15;/h1-5,14,17H,6-13H2;1H. The Bertz CT molecular complexity index is 460. The molecule has 0 saturated carbocycles. The van der Waals surface area contributed by atoms with Crippen molar-refractivity contribution in [2.24, 2.45) is 5.92 Å². The van der Waals surface area contributed by atoms with E-state index < -0.39 is 0 Å². The lowest BCUT2D eigenvalue weighted by Gasteiger charge is -2.38. The molecule has 1 aromatic rings. The normalized spacial score (nSPS) is 19.2. The molecule has 0 aliphatic carbocycles. The Morgan fingerprint density at radius 1 is 1.14 bits per heavy atom. The van der Waals surface area contributed by atoms with E-state index in [1.807, 2.05) is 35.2 Å². The zero-order valence-corrected chi connectivity index (χ0v) is 13.6. The van der Waals surface area contributed by atoms with Crippen molar-refractivity contribution in [3.63, 3.8) is 0 Å². The van der Waals surface area contributed by atoms with Gasteiger partial charge in [0, 0.05) is 45.8 Å². The molecule has 5 nitrogen and oxygen atoms in total. The van der Waals surface area contributed by atoms with Crippen molar-refractivity contribution >= 4 is 18.3 Å². The maximum Gasteiger partial charge on any atom is 0.228 e. The molecule has 22 heavy (non-hydrogen) atoms. The summed E-state index contributed by atoms with van der Waals surface area (Å²) >= 11 is 0. The fraction of sp³-hybridized carbons (Fsp3) is 0.562. The molecule has 2 heterocycles. The molecule has 2 aliphatic rings. The number of piperazine rings is 1. The summed E-state index contributed by atoms with van der Waals surface area (Å²) in [5.74, 6) is 1.47. The van der Waals surface area contributed by atoms with Gasteiger partial charge in [-0.15, -0.1) is 12.4 Å². The summed E-state index contributed by atoms with van der Waals surface area (Å²) in [6, 6.07) is 9.90. The molecular formula is C16H24ClN3O2. The van der Waals surface area contributed by atoms with Crippen LogP contribution in [0.2, 0.25) is 0 Å². The zero-order valence-electron chi connectivity index (χ0n) is 12.7. The largest absolute Gasteiger partial charge is 0.492 e. The molecule has 2 saturated heterocycles. The quantitative estimate of drug-likeness (QED) is 0.872. The van der Waals surface area contributed by atoms with Crippen LogP contribution in [0.1, 0.15) is 0 Å². The molecular weight excluding hydrogens is 302 g/mol. The number of halogens is 1. The highest BCUT2D eigenvalue weighted by Gasteiger charge is 2.30. The third-order valence-electron chi connectivity index (χ3n) is 4.23. The van der Waals surface area contributed by atoms with Crippen LogP contribution in [-0.2, 0) is 4.79 Å². The average Bonchev–Trinajstić information content (AvgIpc) is 2.47. The van der Waals surface area contributed by atoms with E-state index in [0.29, 0.717) is 12.5 Å². The van der Waals surface area contributed by atoms with E-state index in [0.717, 1.165) is 51.6 Å². The lowest BCUT2D eigenvalue weighted by atomic mass is 10.0. The molecule has 0 atom stereocenters. The summed E-state index contributed by atoms with van der Waals surface area (Å²) in [6.45, 7) is 6.91. The molecule has 2 aliphatic heterocycles. The van der Waals surface area contributed by atoms with Gasteiger partial charge in [0.15, 0.2) is 0 Å². The summed E-state index contributed by atoms with van der Waals surface area (Å²) in [6.07, 6.45) is 0. The molecule has 2 fully saturated rings. The molecule has 0 unspecified atom stereocenters. The first-order chi connectivity index (χ1) is 10.3. The topological polar surface area (TPSA) is 44.8 Å². The monoisotopic (exact) mass is 325 g/mol. The van der Waals surface area contributed by atoms with E-state index in [1.54, 1.807) is 0 Å². The van der Waals surface area contributed by atoms with Gasteiger partial charge < -0.3 is 15.0 Å². The third kappa shape index (κ3) is 4.35. The summed E-state index contributed by atoms with van der Waals surface area (Å²) < 4.78 is 5.72. The van der Waals surface area contributed by atoms with Crippen molar-refractivity contribution in [1.82, 2.24) is 15.1 Å². The minimum absolute atomic E-state index is 0.